The molecule has 0 fully saturated rings. The van der Waals surface area contributed by atoms with Gasteiger partial charge in [-0.1, -0.05) is 56.2 Å². The molecule has 1 amide bonds. The maximum Gasteiger partial charge on any atom is 0.266 e. The van der Waals surface area contributed by atoms with Crippen LogP contribution in [0, 0.1) is 5.92 Å². The summed E-state index contributed by atoms with van der Waals surface area (Å²) in [7, 11) is -5.15. The Bertz CT molecular complexity index is 1770. The topological polar surface area (TPSA) is 159 Å². The third kappa shape index (κ3) is 8.32. The highest BCUT2D eigenvalue weighted by Gasteiger charge is 2.32. The summed E-state index contributed by atoms with van der Waals surface area (Å²) in [4.78, 5) is 31.6. The Morgan fingerprint density at radius 3 is 1.83 bits per heavy atom. The molecule has 1 N–H and O–H groups in total. The Morgan fingerprint density at radius 1 is 0.783 bits per heavy atom. The summed E-state index contributed by atoms with van der Waals surface area (Å²) < 4.78 is 69.6. The lowest BCUT2D eigenvalue weighted by molar-refractivity contribution is -0.125. The number of nitrogens with one attached hydrogen (secondary N) is 1. The number of methoxy groups -OCH3 is 2. The Balaban J connectivity index is 1.60. The van der Waals surface area contributed by atoms with E-state index < -0.39 is 54.8 Å². The predicted octanol–water partition coefficient (Wildman–Crippen LogP) is 5.05. The number of para-hydroxylation sites is 4. The van der Waals surface area contributed by atoms with E-state index in [9.17, 15) is 26.4 Å². The molecule has 46 heavy (non-hydrogen) atoms. The zero-order valence-corrected chi connectivity index (χ0v) is 27.6. The number of benzene rings is 3. The van der Waals surface area contributed by atoms with Crippen LogP contribution in [0.2, 0.25) is 0 Å². The Kier molecular flexibility index (Phi) is 11.6. The van der Waals surface area contributed by atoms with Crippen molar-refractivity contribution in [2.75, 3.05) is 25.7 Å². The Labute approximate surface area is 269 Å². The first kappa shape index (κ1) is 34.6. The fourth-order valence-electron chi connectivity index (χ4n) is 5.07. The molecule has 4 rings (SSSR count). The van der Waals surface area contributed by atoms with Crippen LogP contribution in [0.4, 0.5) is 0 Å². The molecule has 1 unspecified atom stereocenters. The number of sulfone groups is 2. The third-order valence-corrected chi connectivity index (χ3v) is 11.2. The molecular weight excluding hydrogens is 633 g/mol. The number of amides is 1. The largest absolute Gasteiger partial charge is 0.495 e. The van der Waals surface area contributed by atoms with Crippen LogP contribution in [0.25, 0.3) is 11.1 Å². The fourth-order valence-corrected chi connectivity index (χ4v) is 8.18. The van der Waals surface area contributed by atoms with Gasteiger partial charge in [-0.25, -0.2) is 21.8 Å². The molecule has 0 aliphatic rings. The molecule has 0 spiro atoms. The molecule has 1 aromatic heterocycles. The number of unbranched alkanes of at least 4 members (excludes halogenated alkanes) is 1. The van der Waals surface area contributed by atoms with Crippen molar-refractivity contribution in [1.82, 2.24) is 10.3 Å². The number of hydrogen-bond donors (Lipinski definition) is 1. The van der Waals surface area contributed by atoms with Crippen LogP contribution >= 0.6 is 0 Å². The van der Waals surface area contributed by atoms with E-state index in [2.05, 4.69) is 10.3 Å². The Hall–Kier alpha value is -4.23. The van der Waals surface area contributed by atoms with Gasteiger partial charge in [-0.3, -0.25) is 9.59 Å². The second-order valence-electron chi connectivity index (χ2n) is 10.8. The van der Waals surface area contributed by atoms with Crippen LogP contribution in [0.3, 0.4) is 0 Å². The number of ketones is 1. The number of aromatic nitrogens is 1. The lowest BCUT2D eigenvalue weighted by atomic mass is 9.99. The highest BCUT2D eigenvalue weighted by atomic mass is 32.2. The van der Waals surface area contributed by atoms with Crippen molar-refractivity contribution >= 4 is 42.5 Å². The molecule has 13 heteroatoms. The zero-order chi connectivity index (χ0) is 33.3. The van der Waals surface area contributed by atoms with Crippen molar-refractivity contribution in [3.8, 4) is 11.5 Å². The van der Waals surface area contributed by atoms with Gasteiger partial charge in [-0.15, -0.1) is 0 Å². The van der Waals surface area contributed by atoms with E-state index in [0.717, 1.165) is 6.42 Å². The number of Topliss-reactive ketones (excluding diaryl/α,β-unsaturated/α-hetero) is 1. The number of hydrogen-bond acceptors (Lipinski definition) is 10. The second kappa shape index (κ2) is 15.4. The molecule has 0 saturated carbocycles. The van der Waals surface area contributed by atoms with Crippen molar-refractivity contribution in [3.63, 3.8) is 0 Å². The molecule has 1 atom stereocenters. The van der Waals surface area contributed by atoms with Gasteiger partial charge < -0.3 is 19.2 Å². The molecule has 3 aromatic carbocycles. The zero-order valence-electron chi connectivity index (χ0n) is 26.0. The van der Waals surface area contributed by atoms with E-state index in [-0.39, 0.29) is 46.4 Å². The SMILES string of the molecule is CCCCC(NC(=O)C(CCS(=O)(=O)c1ccccc1OC)CCS(=O)(=O)c1ccccc1OC)C(=O)c1nc2ccccc2o1. The minimum absolute atomic E-state index is 0.0368. The van der Waals surface area contributed by atoms with Gasteiger partial charge >= 0.3 is 0 Å². The van der Waals surface area contributed by atoms with Gasteiger partial charge in [0.1, 0.15) is 26.8 Å². The summed E-state index contributed by atoms with van der Waals surface area (Å²) >= 11 is 0. The van der Waals surface area contributed by atoms with Crippen molar-refractivity contribution in [1.29, 1.82) is 0 Å². The van der Waals surface area contributed by atoms with Crippen LogP contribution in [0.15, 0.2) is 87.0 Å². The van der Waals surface area contributed by atoms with Crippen molar-refractivity contribution in [3.05, 3.63) is 78.7 Å². The van der Waals surface area contributed by atoms with Gasteiger partial charge in [0.05, 0.1) is 31.8 Å². The smallest absolute Gasteiger partial charge is 0.266 e. The molecular formula is C33H38N2O9S2. The lowest BCUT2D eigenvalue weighted by Gasteiger charge is -2.22. The van der Waals surface area contributed by atoms with E-state index >= 15 is 0 Å². The van der Waals surface area contributed by atoms with E-state index in [1.54, 1.807) is 48.5 Å². The summed E-state index contributed by atoms with van der Waals surface area (Å²) in [5, 5.41) is 2.76. The normalized spacial score (nSPS) is 12.6. The molecule has 11 nitrogen and oxygen atoms in total. The predicted molar refractivity (Wildman–Crippen MR) is 173 cm³/mol. The number of ether oxygens (including phenoxy) is 2. The van der Waals surface area contributed by atoms with E-state index in [1.807, 2.05) is 6.92 Å². The maximum absolute atomic E-state index is 13.8. The summed E-state index contributed by atoms with van der Waals surface area (Å²) in [6.07, 6.45) is 1.22. The number of carbonyl (C=O) groups is 2. The average Bonchev–Trinajstić information content (AvgIpc) is 3.50. The van der Waals surface area contributed by atoms with Crippen LogP contribution in [0.5, 0.6) is 11.5 Å². The summed E-state index contributed by atoms with van der Waals surface area (Å²) in [5.74, 6) is -3.00. The highest BCUT2D eigenvalue weighted by Crippen LogP contribution is 2.28. The fraction of sp³-hybridized carbons (Fsp3) is 0.364. The molecule has 0 aliphatic heterocycles. The third-order valence-electron chi connectivity index (χ3n) is 7.63. The quantitative estimate of drug-likeness (QED) is 0.151. The van der Waals surface area contributed by atoms with E-state index in [4.69, 9.17) is 13.9 Å². The molecule has 0 radical (unpaired) electrons. The van der Waals surface area contributed by atoms with Crippen molar-refractivity contribution < 1.29 is 40.3 Å². The number of nitrogens with zero attached hydrogens (tertiary/aromatic N) is 1. The molecule has 0 bridgehead atoms. The molecule has 1 heterocycles. The maximum atomic E-state index is 13.8. The van der Waals surface area contributed by atoms with Gasteiger partial charge in [0.2, 0.25) is 11.7 Å². The van der Waals surface area contributed by atoms with Gasteiger partial charge in [0.15, 0.2) is 25.3 Å². The lowest BCUT2D eigenvalue weighted by Crippen LogP contribution is -2.44. The standard InChI is InChI=1S/C33H38N2O9S2/c1-4-5-12-25(31(36)33-35-24-13-6-7-14-26(24)44-33)34-32(37)23(19-21-45(38,39)29-17-10-8-15-27(29)42-2)20-22-46(40,41)30-18-11-9-16-28(30)43-3/h6-11,13-18,23,25H,4-5,12,19-22H2,1-3H3,(H,34,37). The van der Waals surface area contributed by atoms with E-state index in [1.165, 1.54) is 38.5 Å². The summed E-state index contributed by atoms with van der Waals surface area (Å²) in [6, 6.07) is 18.2. The number of carbonyl (C=O) groups excluding carboxylic acids is 2. The summed E-state index contributed by atoms with van der Waals surface area (Å²) in [5.41, 5.74) is 0.916. The molecule has 0 saturated heterocycles. The van der Waals surface area contributed by atoms with Crippen molar-refractivity contribution in [2.45, 2.75) is 54.9 Å². The minimum Gasteiger partial charge on any atom is -0.495 e. The Morgan fingerprint density at radius 2 is 1.30 bits per heavy atom. The first-order valence-electron chi connectivity index (χ1n) is 14.9. The van der Waals surface area contributed by atoms with Gasteiger partial charge in [0, 0.05) is 5.92 Å². The first-order chi connectivity index (χ1) is 22.0. The monoisotopic (exact) mass is 670 g/mol. The molecule has 4 aromatic rings. The van der Waals surface area contributed by atoms with Gasteiger partial charge in [0.25, 0.3) is 5.89 Å². The second-order valence-corrected chi connectivity index (χ2v) is 14.9. The van der Waals surface area contributed by atoms with Crippen molar-refractivity contribution in [2.24, 2.45) is 5.92 Å². The number of fused-ring (bicyclic) bond motifs is 1. The number of rotatable bonds is 17. The van der Waals surface area contributed by atoms with Crippen LogP contribution in [0.1, 0.15) is 49.7 Å². The minimum atomic E-state index is -3.93. The molecule has 246 valence electrons. The average molecular weight is 671 g/mol. The molecule has 0 aliphatic carbocycles. The summed E-state index contributed by atoms with van der Waals surface area (Å²) in [6.45, 7) is 1.94. The van der Waals surface area contributed by atoms with Crippen LogP contribution < -0.4 is 14.8 Å². The highest BCUT2D eigenvalue weighted by molar-refractivity contribution is 7.91. The van der Waals surface area contributed by atoms with Crippen LogP contribution in [-0.4, -0.2) is 65.3 Å². The van der Waals surface area contributed by atoms with E-state index in [0.29, 0.717) is 17.5 Å². The van der Waals surface area contributed by atoms with Crippen LogP contribution in [-0.2, 0) is 24.5 Å². The number of oxazole rings is 1. The van der Waals surface area contributed by atoms with Gasteiger partial charge in [-0.2, -0.15) is 0 Å². The first-order valence-corrected chi connectivity index (χ1v) is 18.2. The van der Waals surface area contributed by atoms with Gasteiger partial charge in [-0.05, 0) is 55.7 Å².